The molecule has 1 rings (SSSR count). The lowest BCUT2D eigenvalue weighted by Gasteiger charge is -2.15. The average Bonchev–Trinajstić information content (AvgIpc) is 2.68. The topological polar surface area (TPSA) is 69.1 Å². The molecule has 0 aliphatic heterocycles. The van der Waals surface area contributed by atoms with E-state index < -0.39 is 0 Å². The van der Waals surface area contributed by atoms with Gasteiger partial charge in [0, 0.05) is 12.0 Å². The van der Waals surface area contributed by atoms with Gasteiger partial charge in [-0.2, -0.15) is 0 Å². The predicted octanol–water partition coefficient (Wildman–Crippen LogP) is 4.73. The SMILES string of the molecule is C.C=C/C(=C\C)CC=O.CC.CC1(C#CCN)/C=C\C=C(C#CCN)C/C=C\1. The molecule has 28 heavy (non-hydrogen) atoms. The Kier molecular flexibility index (Phi) is 22.3. The molecule has 1 aliphatic rings. The van der Waals surface area contributed by atoms with Crippen LogP contribution in [0.2, 0.25) is 0 Å². The molecule has 1 aliphatic carbocycles. The highest BCUT2D eigenvalue weighted by Gasteiger charge is 2.13. The third-order valence-electron chi connectivity index (χ3n) is 3.30. The maximum absolute atomic E-state index is 9.84. The fraction of sp³-hybridized carbons (Fsp3) is 0.400. The van der Waals surface area contributed by atoms with Crippen molar-refractivity contribution in [1.82, 2.24) is 0 Å². The third kappa shape index (κ3) is 15.6. The van der Waals surface area contributed by atoms with Gasteiger partial charge in [0.25, 0.3) is 0 Å². The van der Waals surface area contributed by atoms with Crippen LogP contribution in [0.25, 0.3) is 0 Å². The molecule has 3 nitrogen and oxygen atoms in total. The zero-order valence-corrected chi connectivity index (χ0v) is 17.2. The zero-order valence-electron chi connectivity index (χ0n) is 17.2. The lowest BCUT2D eigenvalue weighted by atomic mass is 9.88. The van der Waals surface area contributed by atoms with Crippen molar-refractivity contribution in [3.63, 3.8) is 0 Å². The Hall–Kier alpha value is -2.59. The zero-order chi connectivity index (χ0) is 21.0. The minimum Gasteiger partial charge on any atom is -0.320 e. The van der Waals surface area contributed by atoms with E-state index in [1.165, 1.54) is 0 Å². The summed E-state index contributed by atoms with van der Waals surface area (Å²) < 4.78 is 0. The van der Waals surface area contributed by atoms with Crippen molar-refractivity contribution in [2.75, 3.05) is 13.1 Å². The molecule has 0 saturated carbocycles. The Bertz CT molecular complexity index is 673. The molecule has 0 radical (unpaired) electrons. The van der Waals surface area contributed by atoms with Crippen molar-refractivity contribution in [2.45, 2.75) is 48.0 Å². The number of nitrogens with two attached hydrogens (primary N) is 2. The summed E-state index contributed by atoms with van der Waals surface area (Å²) in [4.78, 5) is 9.84. The highest BCUT2D eigenvalue weighted by atomic mass is 16.1. The molecule has 0 aromatic rings. The molecule has 0 fully saturated rings. The van der Waals surface area contributed by atoms with E-state index in [-0.39, 0.29) is 12.8 Å². The largest absolute Gasteiger partial charge is 0.320 e. The van der Waals surface area contributed by atoms with Crippen LogP contribution in [0.15, 0.2) is 60.3 Å². The summed E-state index contributed by atoms with van der Waals surface area (Å²) in [6, 6.07) is 0. The lowest BCUT2D eigenvalue weighted by Crippen LogP contribution is -2.08. The molecule has 0 amide bonds. The van der Waals surface area contributed by atoms with Gasteiger partial charge in [-0.25, -0.2) is 0 Å². The molecule has 0 aromatic heterocycles. The van der Waals surface area contributed by atoms with Crippen molar-refractivity contribution < 1.29 is 4.79 Å². The molecular weight excluding hydrogens is 344 g/mol. The van der Waals surface area contributed by atoms with E-state index in [1.54, 1.807) is 6.08 Å². The van der Waals surface area contributed by atoms with Gasteiger partial charge in [-0.15, -0.1) is 0 Å². The Morgan fingerprint density at radius 1 is 1.25 bits per heavy atom. The minimum absolute atomic E-state index is 0. The summed E-state index contributed by atoms with van der Waals surface area (Å²) in [5.41, 5.74) is 12.6. The second-order valence-electron chi connectivity index (χ2n) is 5.39. The summed E-state index contributed by atoms with van der Waals surface area (Å²) in [6.45, 7) is 12.3. The smallest absolute Gasteiger partial charge is 0.124 e. The molecule has 0 saturated heterocycles. The Morgan fingerprint density at radius 2 is 1.89 bits per heavy atom. The van der Waals surface area contributed by atoms with Crippen LogP contribution >= 0.6 is 0 Å². The fourth-order valence-electron chi connectivity index (χ4n) is 1.92. The highest BCUT2D eigenvalue weighted by Crippen LogP contribution is 2.22. The molecule has 0 bridgehead atoms. The first kappa shape index (κ1) is 30.1. The Morgan fingerprint density at radius 3 is 2.36 bits per heavy atom. The predicted molar refractivity (Wildman–Crippen MR) is 125 cm³/mol. The first-order valence-electron chi connectivity index (χ1n) is 9.21. The van der Waals surface area contributed by atoms with Gasteiger partial charge in [-0.05, 0) is 25.8 Å². The van der Waals surface area contributed by atoms with Crippen LogP contribution in [-0.2, 0) is 4.79 Å². The van der Waals surface area contributed by atoms with Crippen LogP contribution in [0.3, 0.4) is 0 Å². The quantitative estimate of drug-likeness (QED) is 0.321. The molecule has 1 atom stereocenters. The van der Waals surface area contributed by atoms with Crippen molar-refractivity contribution in [2.24, 2.45) is 16.9 Å². The van der Waals surface area contributed by atoms with Crippen LogP contribution in [0, 0.1) is 29.1 Å². The van der Waals surface area contributed by atoms with Gasteiger partial charge >= 0.3 is 0 Å². The van der Waals surface area contributed by atoms with Gasteiger partial charge < -0.3 is 16.3 Å². The first-order chi connectivity index (χ1) is 13.0. The third-order valence-corrected chi connectivity index (χ3v) is 3.30. The lowest BCUT2D eigenvalue weighted by molar-refractivity contribution is -0.107. The van der Waals surface area contributed by atoms with Gasteiger partial charge in [-0.3, -0.25) is 0 Å². The normalized spacial score (nSPS) is 19.2. The summed E-state index contributed by atoms with van der Waals surface area (Å²) in [6.07, 6.45) is 16.0. The van der Waals surface area contributed by atoms with E-state index in [1.807, 2.05) is 39.0 Å². The number of aldehydes is 1. The average molecular weight is 383 g/mol. The van der Waals surface area contributed by atoms with E-state index in [4.69, 9.17) is 11.5 Å². The molecule has 1 unspecified atom stereocenters. The van der Waals surface area contributed by atoms with Gasteiger partial charge in [0.1, 0.15) is 6.29 Å². The molecule has 4 N–H and O–H groups in total. The molecule has 0 spiro atoms. The molecular formula is C25H38N2O. The van der Waals surface area contributed by atoms with Crippen molar-refractivity contribution in [3.8, 4) is 23.7 Å². The molecule has 0 heterocycles. The van der Waals surface area contributed by atoms with Crippen LogP contribution < -0.4 is 11.5 Å². The number of carbonyl (C=O) groups is 1. The number of hydrogen-bond acceptors (Lipinski definition) is 3. The van der Waals surface area contributed by atoms with E-state index >= 15 is 0 Å². The molecule has 0 aromatic carbocycles. The van der Waals surface area contributed by atoms with Gasteiger partial charge in [-0.1, -0.05) is 94.1 Å². The van der Waals surface area contributed by atoms with Gasteiger partial charge in [0.05, 0.1) is 18.5 Å². The van der Waals surface area contributed by atoms with E-state index in [9.17, 15) is 4.79 Å². The Balaban J connectivity index is -0.000000483. The highest BCUT2D eigenvalue weighted by molar-refractivity contribution is 5.55. The maximum Gasteiger partial charge on any atom is 0.124 e. The summed E-state index contributed by atoms with van der Waals surface area (Å²) in [5.74, 6) is 12.0. The summed E-state index contributed by atoms with van der Waals surface area (Å²) >= 11 is 0. The second-order valence-corrected chi connectivity index (χ2v) is 5.39. The van der Waals surface area contributed by atoms with Crippen LogP contribution in [0.5, 0.6) is 0 Å². The fourth-order valence-corrected chi connectivity index (χ4v) is 1.92. The van der Waals surface area contributed by atoms with Crippen molar-refractivity contribution >= 4 is 6.29 Å². The van der Waals surface area contributed by atoms with E-state index in [2.05, 4.69) is 55.4 Å². The summed E-state index contributed by atoms with van der Waals surface area (Å²) in [5, 5.41) is 0. The van der Waals surface area contributed by atoms with Crippen LogP contribution in [0.4, 0.5) is 0 Å². The van der Waals surface area contributed by atoms with Gasteiger partial charge in [0.2, 0.25) is 0 Å². The van der Waals surface area contributed by atoms with Crippen LogP contribution in [-0.4, -0.2) is 19.4 Å². The maximum atomic E-state index is 9.84. The number of allylic oxidation sites excluding steroid dienone is 9. The monoisotopic (exact) mass is 382 g/mol. The first-order valence-corrected chi connectivity index (χ1v) is 9.21. The van der Waals surface area contributed by atoms with E-state index in [0.717, 1.165) is 23.9 Å². The Labute approximate surface area is 173 Å². The summed E-state index contributed by atoms with van der Waals surface area (Å²) in [7, 11) is 0. The number of rotatable bonds is 3. The van der Waals surface area contributed by atoms with Gasteiger partial charge in [0.15, 0.2) is 0 Å². The number of hydrogen-bond donors (Lipinski definition) is 2. The molecule has 3 heteroatoms. The number of carbonyl (C=O) groups excluding carboxylic acids is 1. The van der Waals surface area contributed by atoms with E-state index in [0.29, 0.717) is 19.5 Å². The van der Waals surface area contributed by atoms with Crippen molar-refractivity contribution in [3.05, 3.63) is 60.3 Å². The van der Waals surface area contributed by atoms with Crippen LogP contribution in [0.1, 0.15) is 48.0 Å². The van der Waals surface area contributed by atoms with Crippen molar-refractivity contribution in [1.29, 1.82) is 0 Å². The standard InChI is InChI=1S/C15H18N2.C7H10O.C2H6.CH4/c1-15(11-5-13-17)9-2-6-14(7-3-10-15)8-4-12-16;1-3-7(4-2)5-6-8;1-2;/h2-3,6,9-10H,7,12-13,16-17H2,1H3;3-4,6H,1,5H2,2H3;1-2H3;1H4/b9-2-,10-3-,14-6?;7-4+;;. The minimum atomic E-state index is -0.233. The molecule has 154 valence electrons. The second kappa shape index (κ2) is 20.7.